The SMILES string of the molecule is Cc1ccc(C=CC(=O)Oc2ccc3c(=O)c(Oc4ccccc4Br)coc3c2)cc1. The predicted octanol–water partition coefficient (Wildman–Crippen LogP) is 6.28. The van der Waals surface area contributed by atoms with Gasteiger partial charge in [0.2, 0.25) is 11.2 Å². The van der Waals surface area contributed by atoms with Crippen molar-refractivity contribution in [1.82, 2.24) is 0 Å². The maximum Gasteiger partial charge on any atom is 0.336 e. The molecule has 0 amide bonds. The lowest BCUT2D eigenvalue weighted by Gasteiger charge is -2.08. The molecule has 0 aliphatic rings. The lowest BCUT2D eigenvalue weighted by atomic mass is 10.1. The summed E-state index contributed by atoms with van der Waals surface area (Å²) in [5.74, 6) is 0.301. The van der Waals surface area contributed by atoms with E-state index in [1.807, 2.05) is 43.3 Å². The van der Waals surface area contributed by atoms with Crippen molar-refractivity contribution in [3.63, 3.8) is 0 Å². The number of hydrogen-bond donors (Lipinski definition) is 0. The standard InChI is InChI=1S/C25H17BrO5/c1-16-6-8-17(9-7-16)10-13-24(27)30-18-11-12-19-22(14-18)29-15-23(25(19)28)31-21-5-3-2-4-20(21)26/h2-15H,1H3. The average Bonchev–Trinajstić information content (AvgIpc) is 2.77. The van der Waals surface area contributed by atoms with E-state index < -0.39 is 5.97 Å². The number of fused-ring (bicyclic) bond motifs is 1. The summed E-state index contributed by atoms with van der Waals surface area (Å²) in [6, 6.07) is 19.5. The highest BCUT2D eigenvalue weighted by Gasteiger charge is 2.12. The maximum absolute atomic E-state index is 12.7. The number of esters is 1. The van der Waals surface area contributed by atoms with Gasteiger partial charge in [0.05, 0.1) is 9.86 Å². The molecule has 0 saturated heterocycles. The normalized spacial score (nSPS) is 11.0. The first kappa shape index (κ1) is 20.6. The van der Waals surface area contributed by atoms with Crippen LogP contribution in [0.25, 0.3) is 17.0 Å². The Labute approximate surface area is 186 Å². The second-order valence-corrected chi connectivity index (χ2v) is 7.64. The topological polar surface area (TPSA) is 65.7 Å². The molecule has 4 rings (SSSR count). The van der Waals surface area contributed by atoms with E-state index in [0.717, 1.165) is 15.6 Å². The minimum Gasteiger partial charge on any atom is -0.460 e. The van der Waals surface area contributed by atoms with Gasteiger partial charge in [0, 0.05) is 12.1 Å². The Balaban J connectivity index is 1.52. The molecule has 4 aromatic rings. The third-order valence-electron chi connectivity index (χ3n) is 4.48. The van der Waals surface area contributed by atoms with Crippen LogP contribution in [0.1, 0.15) is 11.1 Å². The van der Waals surface area contributed by atoms with Crippen molar-refractivity contribution in [3.05, 3.63) is 105 Å². The molecule has 0 unspecified atom stereocenters. The zero-order valence-electron chi connectivity index (χ0n) is 16.5. The number of ether oxygens (including phenoxy) is 2. The van der Waals surface area contributed by atoms with Crippen molar-refractivity contribution in [2.24, 2.45) is 0 Å². The summed E-state index contributed by atoms with van der Waals surface area (Å²) in [5.41, 5.74) is 2.00. The average molecular weight is 477 g/mol. The van der Waals surface area contributed by atoms with E-state index in [1.165, 1.54) is 18.4 Å². The molecular weight excluding hydrogens is 460 g/mol. The molecule has 0 saturated carbocycles. The number of hydrogen-bond acceptors (Lipinski definition) is 5. The minimum absolute atomic E-state index is 0.0603. The highest BCUT2D eigenvalue weighted by molar-refractivity contribution is 9.10. The van der Waals surface area contributed by atoms with Crippen molar-refractivity contribution in [3.8, 4) is 17.2 Å². The number of rotatable bonds is 5. The second kappa shape index (κ2) is 9.02. The van der Waals surface area contributed by atoms with Crippen LogP contribution in [0.15, 0.2) is 92.8 Å². The fraction of sp³-hybridized carbons (Fsp3) is 0.0400. The maximum atomic E-state index is 12.7. The molecule has 5 nitrogen and oxygen atoms in total. The lowest BCUT2D eigenvalue weighted by molar-refractivity contribution is -0.128. The molecular formula is C25H17BrO5. The number of carbonyl (C=O) groups excluding carboxylic acids is 1. The van der Waals surface area contributed by atoms with Crippen LogP contribution >= 0.6 is 15.9 Å². The van der Waals surface area contributed by atoms with Gasteiger partial charge in [-0.05, 0) is 58.8 Å². The summed E-state index contributed by atoms with van der Waals surface area (Å²) in [5, 5.41) is 0.319. The number of benzene rings is 3. The van der Waals surface area contributed by atoms with E-state index in [2.05, 4.69) is 15.9 Å². The second-order valence-electron chi connectivity index (χ2n) is 6.78. The van der Waals surface area contributed by atoms with E-state index in [1.54, 1.807) is 30.3 Å². The monoisotopic (exact) mass is 476 g/mol. The first-order valence-electron chi connectivity index (χ1n) is 9.44. The molecule has 0 radical (unpaired) electrons. The Hall–Kier alpha value is -3.64. The smallest absolute Gasteiger partial charge is 0.336 e. The molecule has 31 heavy (non-hydrogen) atoms. The molecule has 1 aromatic heterocycles. The number of para-hydroxylation sites is 1. The van der Waals surface area contributed by atoms with E-state index in [9.17, 15) is 9.59 Å². The van der Waals surface area contributed by atoms with Crippen LogP contribution < -0.4 is 14.9 Å². The molecule has 0 bridgehead atoms. The van der Waals surface area contributed by atoms with Gasteiger partial charge in [0.15, 0.2) is 0 Å². The van der Waals surface area contributed by atoms with Gasteiger partial charge in [-0.3, -0.25) is 4.79 Å². The molecule has 0 aliphatic heterocycles. The van der Waals surface area contributed by atoms with Crippen LogP contribution in [0.3, 0.4) is 0 Å². The van der Waals surface area contributed by atoms with E-state index >= 15 is 0 Å². The van der Waals surface area contributed by atoms with Crippen molar-refractivity contribution < 1.29 is 18.7 Å². The van der Waals surface area contributed by atoms with Gasteiger partial charge in [-0.25, -0.2) is 4.79 Å². The fourth-order valence-electron chi connectivity index (χ4n) is 2.86. The minimum atomic E-state index is -0.531. The summed E-state index contributed by atoms with van der Waals surface area (Å²) in [7, 11) is 0. The number of halogens is 1. The molecule has 0 aliphatic carbocycles. The fourth-order valence-corrected chi connectivity index (χ4v) is 3.23. The van der Waals surface area contributed by atoms with Gasteiger partial charge in [0.25, 0.3) is 0 Å². The Morgan fingerprint density at radius 3 is 2.55 bits per heavy atom. The zero-order valence-corrected chi connectivity index (χ0v) is 18.1. The third kappa shape index (κ3) is 4.92. The van der Waals surface area contributed by atoms with Crippen molar-refractivity contribution >= 4 is 38.9 Å². The van der Waals surface area contributed by atoms with E-state index in [0.29, 0.717) is 11.1 Å². The van der Waals surface area contributed by atoms with Crippen molar-refractivity contribution in [2.45, 2.75) is 6.92 Å². The predicted molar refractivity (Wildman–Crippen MR) is 123 cm³/mol. The summed E-state index contributed by atoms with van der Waals surface area (Å²) in [6.45, 7) is 2.00. The summed E-state index contributed by atoms with van der Waals surface area (Å²) < 4.78 is 17.3. The quantitative estimate of drug-likeness (QED) is 0.193. The Morgan fingerprint density at radius 2 is 1.77 bits per heavy atom. The van der Waals surface area contributed by atoms with Gasteiger partial charge < -0.3 is 13.9 Å². The van der Waals surface area contributed by atoms with Crippen molar-refractivity contribution in [2.75, 3.05) is 0 Å². The van der Waals surface area contributed by atoms with Gasteiger partial charge in [-0.15, -0.1) is 0 Å². The van der Waals surface area contributed by atoms with Crippen LogP contribution in [0.4, 0.5) is 0 Å². The Morgan fingerprint density at radius 1 is 1.00 bits per heavy atom. The van der Waals surface area contributed by atoms with E-state index in [4.69, 9.17) is 13.9 Å². The van der Waals surface area contributed by atoms with Gasteiger partial charge >= 0.3 is 5.97 Å². The van der Waals surface area contributed by atoms with Gasteiger partial charge in [-0.2, -0.15) is 0 Å². The molecule has 6 heteroatoms. The molecule has 0 N–H and O–H groups in total. The Bertz CT molecular complexity index is 1340. The van der Waals surface area contributed by atoms with Crippen LogP contribution in [-0.2, 0) is 4.79 Å². The molecule has 0 fully saturated rings. The van der Waals surface area contributed by atoms with Gasteiger partial charge in [-0.1, -0.05) is 42.0 Å². The Kier molecular flexibility index (Phi) is 6.00. The highest BCUT2D eigenvalue weighted by atomic mass is 79.9. The lowest BCUT2D eigenvalue weighted by Crippen LogP contribution is -2.06. The first-order chi connectivity index (χ1) is 15.0. The van der Waals surface area contributed by atoms with Crippen LogP contribution in [0.5, 0.6) is 17.2 Å². The zero-order chi connectivity index (χ0) is 21.8. The number of aryl methyl sites for hydroxylation is 1. The molecule has 0 spiro atoms. The van der Waals surface area contributed by atoms with E-state index in [-0.39, 0.29) is 22.5 Å². The van der Waals surface area contributed by atoms with Crippen molar-refractivity contribution in [1.29, 1.82) is 0 Å². The van der Waals surface area contributed by atoms with Crippen LogP contribution in [-0.4, -0.2) is 5.97 Å². The summed E-state index contributed by atoms with van der Waals surface area (Å²) in [6.07, 6.45) is 4.26. The first-order valence-corrected chi connectivity index (χ1v) is 10.2. The molecule has 1 heterocycles. The number of carbonyl (C=O) groups is 1. The third-order valence-corrected chi connectivity index (χ3v) is 5.13. The summed E-state index contributed by atoms with van der Waals surface area (Å²) in [4.78, 5) is 24.9. The molecule has 0 atom stereocenters. The van der Waals surface area contributed by atoms with Gasteiger partial charge in [0.1, 0.15) is 23.3 Å². The molecule has 3 aromatic carbocycles. The van der Waals surface area contributed by atoms with Crippen LogP contribution in [0.2, 0.25) is 0 Å². The molecule has 154 valence electrons. The summed E-state index contributed by atoms with van der Waals surface area (Å²) >= 11 is 3.38. The largest absolute Gasteiger partial charge is 0.460 e. The van der Waals surface area contributed by atoms with Crippen LogP contribution in [0, 0.1) is 6.92 Å². The highest BCUT2D eigenvalue weighted by Crippen LogP contribution is 2.29.